The number of alkyl halides is 1. The molecular formula is C8H14ClFO2S. The van der Waals surface area contributed by atoms with Gasteiger partial charge in [0.2, 0.25) is 9.05 Å². The van der Waals surface area contributed by atoms with E-state index in [-0.39, 0.29) is 18.1 Å². The fraction of sp³-hybridized carbons (Fsp3) is 1.00. The van der Waals surface area contributed by atoms with Crippen molar-refractivity contribution >= 4 is 19.7 Å². The lowest BCUT2D eigenvalue weighted by molar-refractivity contribution is 0.225. The molecule has 1 unspecified atom stereocenters. The predicted molar refractivity (Wildman–Crippen MR) is 51.1 cm³/mol. The lowest BCUT2D eigenvalue weighted by Gasteiger charge is -2.13. The SMILES string of the molecule is O=S(=O)(Cl)CCC(F)C1CCCC1. The van der Waals surface area contributed by atoms with Crippen LogP contribution in [0.15, 0.2) is 0 Å². The molecule has 0 aliphatic heterocycles. The molecule has 1 atom stereocenters. The van der Waals surface area contributed by atoms with Gasteiger partial charge in [-0.1, -0.05) is 12.8 Å². The molecule has 0 aromatic carbocycles. The summed E-state index contributed by atoms with van der Waals surface area (Å²) in [5, 5.41) is 0. The van der Waals surface area contributed by atoms with E-state index < -0.39 is 15.2 Å². The highest BCUT2D eigenvalue weighted by Crippen LogP contribution is 2.31. The zero-order valence-corrected chi connectivity index (χ0v) is 8.95. The van der Waals surface area contributed by atoms with E-state index in [0.717, 1.165) is 25.7 Å². The molecule has 13 heavy (non-hydrogen) atoms. The first-order valence-electron chi connectivity index (χ1n) is 4.55. The van der Waals surface area contributed by atoms with Crippen molar-refractivity contribution in [1.82, 2.24) is 0 Å². The van der Waals surface area contributed by atoms with Gasteiger partial charge in [-0.25, -0.2) is 12.8 Å². The van der Waals surface area contributed by atoms with Crippen LogP contribution in [0.1, 0.15) is 32.1 Å². The molecule has 0 amide bonds. The van der Waals surface area contributed by atoms with Gasteiger partial charge in [-0.05, 0) is 25.2 Å². The average Bonchev–Trinajstić information content (AvgIpc) is 2.50. The second-order valence-corrected chi connectivity index (χ2v) is 6.49. The third-order valence-electron chi connectivity index (χ3n) is 2.55. The second-order valence-electron chi connectivity index (χ2n) is 3.59. The largest absolute Gasteiger partial charge is 0.247 e. The van der Waals surface area contributed by atoms with Crippen molar-refractivity contribution < 1.29 is 12.8 Å². The normalized spacial score (nSPS) is 22.0. The van der Waals surface area contributed by atoms with E-state index in [1.165, 1.54) is 0 Å². The van der Waals surface area contributed by atoms with Crippen molar-refractivity contribution in [2.24, 2.45) is 5.92 Å². The van der Waals surface area contributed by atoms with E-state index in [1.54, 1.807) is 0 Å². The Kier molecular flexibility index (Phi) is 3.98. The van der Waals surface area contributed by atoms with Crippen LogP contribution in [0.3, 0.4) is 0 Å². The summed E-state index contributed by atoms with van der Waals surface area (Å²) < 4.78 is 34.4. The van der Waals surface area contributed by atoms with Crippen LogP contribution in [0.4, 0.5) is 4.39 Å². The molecule has 0 aromatic rings. The van der Waals surface area contributed by atoms with E-state index >= 15 is 0 Å². The Hall–Kier alpha value is 0.170. The van der Waals surface area contributed by atoms with Gasteiger partial charge in [0.1, 0.15) is 6.17 Å². The summed E-state index contributed by atoms with van der Waals surface area (Å²) in [6.07, 6.45) is 2.98. The molecule has 0 aromatic heterocycles. The van der Waals surface area contributed by atoms with Crippen LogP contribution in [-0.2, 0) is 9.05 Å². The molecule has 1 aliphatic rings. The molecule has 1 fully saturated rings. The van der Waals surface area contributed by atoms with Crippen molar-refractivity contribution in [3.05, 3.63) is 0 Å². The van der Waals surface area contributed by atoms with Crippen LogP contribution in [0.5, 0.6) is 0 Å². The van der Waals surface area contributed by atoms with Gasteiger partial charge in [-0.15, -0.1) is 0 Å². The number of hydrogen-bond donors (Lipinski definition) is 0. The predicted octanol–water partition coefficient (Wildman–Crippen LogP) is 2.47. The Morgan fingerprint density at radius 2 is 1.92 bits per heavy atom. The van der Waals surface area contributed by atoms with Crippen molar-refractivity contribution in [3.8, 4) is 0 Å². The van der Waals surface area contributed by atoms with E-state index in [9.17, 15) is 12.8 Å². The van der Waals surface area contributed by atoms with Crippen LogP contribution in [0, 0.1) is 5.92 Å². The highest BCUT2D eigenvalue weighted by Gasteiger charge is 2.25. The second kappa shape index (κ2) is 4.60. The third kappa shape index (κ3) is 4.27. The summed E-state index contributed by atoms with van der Waals surface area (Å²) in [7, 11) is 1.47. The highest BCUT2D eigenvalue weighted by molar-refractivity contribution is 8.13. The lowest BCUT2D eigenvalue weighted by Crippen LogP contribution is -2.16. The topological polar surface area (TPSA) is 34.1 Å². The molecule has 0 spiro atoms. The van der Waals surface area contributed by atoms with Gasteiger partial charge in [0.25, 0.3) is 0 Å². The quantitative estimate of drug-likeness (QED) is 0.693. The summed E-state index contributed by atoms with van der Waals surface area (Å²) in [6, 6.07) is 0. The Morgan fingerprint density at radius 1 is 1.38 bits per heavy atom. The van der Waals surface area contributed by atoms with Crippen LogP contribution in [0.2, 0.25) is 0 Å². The van der Waals surface area contributed by atoms with Crippen LogP contribution < -0.4 is 0 Å². The summed E-state index contributed by atoms with van der Waals surface area (Å²) in [5.41, 5.74) is 0. The van der Waals surface area contributed by atoms with E-state index in [4.69, 9.17) is 10.7 Å². The average molecular weight is 229 g/mol. The van der Waals surface area contributed by atoms with Gasteiger partial charge < -0.3 is 0 Å². The molecule has 1 saturated carbocycles. The molecule has 78 valence electrons. The molecule has 1 aliphatic carbocycles. The molecule has 0 N–H and O–H groups in total. The third-order valence-corrected chi connectivity index (χ3v) is 3.74. The Labute approximate surface area is 82.9 Å². The zero-order chi connectivity index (χ0) is 9.90. The number of hydrogen-bond acceptors (Lipinski definition) is 2. The van der Waals surface area contributed by atoms with Crippen molar-refractivity contribution in [2.75, 3.05) is 5.75 Å². The first kappa shape index (κ1) is 11.2. The Bertz CT molecular complexity index is 247. The minimum absolute atomic E-state index is 0.0521. The monoisotopic (exact) mass is 228 g/mol. The molecular weight excluding hydrogens is 215 g/mol. The maximum absolute atomic E-state index is 13.3. The van der Waals surface area contributed by atoms with E-state index in [2.05, 4.69) is 0 Å². The summed E-state index contributed by atoms with van der Waals surface area (Å²) in [6.45, 7) is 0. The minimum Gasteiger partial charge on any atom is -0.247 e. The van der Waals surface area contributed by atoms with Crippen molar-refractivity contribution in [1.29, 1.82) is 0 Å². The number of halogens is 2. The molecule has 0 heterocycles. The first-order chi connectivity index (χ1) is 5.99. The molecule has 1 rings (SSSR count). The van der Waals surface area contributed by atoms with E-state index in [0.29, 0.717) is 0 Å². The van der Waals surface area contributed by atoms with Crippen LogP contribution in [-0.4, -0.2) is 20.3 Å². The first-order valence-corrected chi connectivity index (χ1v) is 7.03. The number of rotatable bonds is 4. The maximum atomic E-state index is 13.3. The Balaban J connectivity index is 2.28. The van der Waals surface area contributed by atoms with E-state index in [1.807, 2.05) is 0 Å². The molecule has 0 saturated heterocycles. The fourth-order valence-corrected chi connectivity index (χ4v) is 2.58. The van der Waals surface area contributed by atoms with Crippen LogP contribution in [0.25, 0.3) is 0 Å². The van der Waals surface area contributed by atoms with Crippen molar-refractivity contribution in [2.45, 2.75) is 38.3 Å². The highest BCUT2D eigenvalue weighted by atomic mass is 35.7. The van der Waals surface area contributed by atoms with Crippen molar-refractivity contribution in [3.63, 3.8) is 0 Å². The standard InChI is InChI=1S/C8H14ClFO2S/c9-13(11,12)6-5-8(10)7-3-1-2-4-7/h7-8H,1-6H2. The Morgan fingerprint density at radius 3 is 2.38 bits per heavy atom. The molecule has 0 radical (unpaired) electrons. The fourth-order valence-electron chi connectivity index (χ4n) is 1.81. The summed E-state index contributed by atoms with van der Waals surface area (Å²) in [4.78, 5) is 0. The van der Waals surface area contributed by atoms with Gasteiger partial charge in [0, 0.05) is 10.7 Å². The van der Waals surface area contributed by atoms with Gasteiger partial charge in [0.05, 0.1) is 5.75 Å². The van der Waals surface area contributed by atoms with Gasteiger partial charge in [0.15, 0.2) is 0 Å². The summed E-state index contributed by atoms with van der Waals surface area (Å²) >= 11 is 0. The van der Waals surface area contributed by atoms with Gasteiger partial charge >= 0.3 is 0 Å². The zero-order valence-electron chi connectivity index (χ0n) is 7.38. The van der Waals surface area contributed by atoms with Gasteiger partial charge in [-0.3, -0.25) is 0 Å². The molecule has 5 heteroatoms. The summed E-state index contributed by atoms with van der Waals surface area (Å²) in [5.74, 6) is -0.176. The maximum Gasteiger partial charge on any atom is 0.232 e. The smallest absolute Gasteiger partial charge is 0.232 e. The van der Waals surface area contributed by atoms with Crippen LogP contribution >= 0.6 is 10.7 Å². The van der Waals surface area contributed by atoms with Gasteiger partial charge in [-0.2, -0.15) is 0 Å². The minimum atomic E-state index is -3.52. The molecule has 0 bridgehead atoms. The molecule has 2 nitrogen and oxygen atoms in total. The lowest BCUT2D eigenvalue weighted by atomic mass is 10.0.